The van der Waals surface area contributed by atoms with Gasteiger partial charge in [0.05, 0.1) is 25.9 Å². The molecule has 6 heteroatoms. The van der Waals surface area contributed by atoms with Gasteiger partial charge in [-0.3, -0.25) is 14.5 Å². The van der Waals surface area contributed by atoms with Crippen LogP contribution in [0.1, 0.15) is 30.7 Å². The third-order valence-electron chi connectivity index (χ3n) is 6.20. The lowest BCUT2D eigenvalue weighted by atomic mass is 9.81. The van der Waals surface area contributed by atoms with Crippen molar-refractivity contribution in [3.05, 3.63) is 42.2 Å². The molecule has 30 heavy (non-hydrogen) atoms. The molecule has 1 aliphatic carbocycles. The third-order valence-corrected chi connectivity index (χ3v) is 6.20. The number of Topliss-reactive ketones (excluding diaryl/α,β-unsaturated/α-hetero) is 2. The molecule has 6 nitrogen and oxygen atoms in total. The van der Waals surface area contributed by atoms with E-state index in [2.05, 4.69) is 4.90 Å². The van der Waals surface area contributed by atoms with Crippen LogP contribution in [0.15, 0.2) is 41.0 Å². The van der Waals surface area contributed by atoms with Gasteiger partial charge >= 0.3 is 0 Å². The summed E-state index contributed by atoms with van der Waals surface area (Å²) in [4.78, 5) is 26.5. The highest BCUT2D eigenvalue weighted by molar-refractivity contribution is 6.12. The Kier molecular flexibility index (Phi) is 5.27. The van der Waals surface area contributed by atoms with Crippen molar-refractivity contribution in [2.75, 3.05) is 39.5 Å². The van der Waals surface area contributed by atoms with Crippen LogP contribution in [0.3, 0.4) is 0 Å². The van der Waals surface area contributed by atoms with Crippen molar-refractivity contribution in [1.82, 2.24) is 4.90 Å². The first-order valence-electron chi connectivity index (χ1n) is 10.6. The smallest absolute Gasteiger partial charge is 0.147 e. The average Bonchev–Trinajstić information content (AvgIpc) is 3.19. The molecule has 0 radical (unpaired) electrons. The maximum atomic E-state index is 12.5. The fourth-order valence-electron chi connectivity index (χ4n) is 4.58. The van der Waals surface area contributed by atoms with E-state index in [0.29, 0.717) is 19.4 Å². The summed E-state index contributed by atoms with van der Waals surface area (Å²) < 4.78 is 17.3. The predicted molar refractivity (Wildman–Crippen MR) is 113 cm³/mol. The molecule has 1 aliphatic heterocycles. The molecular weight excluding hydrogens is 382 g/mol. The van der Waals surface area contributed by atoms with Crippen molar-refractivity contribution in [3.63, 3.8) is 0 Å². The molecule has 1 atom stereocenters. The molecule has 2 aliphatic rings. The van der Waals surface area contributed by atoms with E-state index >= 15 is 0 Å². The first-order valence-corrected chi connectivity index (χ1v) is 10.6. The van der Waals surface area contributed by atoms with Crippen LogP contribution >= 0.6 is 0 Å². The lowest BCUT2D eigenvalue weighted by molar-refractivity contribution is -0.130. The normalized spacial score (nSPS) is 20.9. The lowest BCUT2D eigenvalue weighted by Crippen LogP contribution is -2.38. The number of rotatable bonds is 5. The molecule has 5 rings (SSSR count). The zero-order valence-corrected chi connectivity index (χ0v) is 16.9. The van der Waals surface area contributed by atoms with Crippen LogP contribution < -0.4 is 4.74 Å². The van der Waals surface area contributed by atoms with E-state index < -0.39 is 0 Å². The number of nitrogens with zero attached hydrogens (tertiary/aromatic N) is 1. The van der Waals surface area contributed by atoms with Crippen LogP contribution in [0.2, 0.25) is 0 Å². The second-order valence-electron chi connectivity index (χ2n) is 8.06. The highest BCUT2D eigenvalue weighted by Crippen LogP contribution is 2.40. The Morgan fingerprint density at radius 2 is 1.93 bits per heavy atom. The average molecular weight is 407 g/mol. The quantitative estimate of drug-likeness (QED) is 0.601. The van der Waals surface area contributed by atoms with Crippen LogP contribution in [-0.4, -0.2) is 55.9 Å². The molecule has 2 heterocycles. The van der Waals surface area contributed by atoms with E-state index in [9.17, 15) is 9.59 Å². The van der Waals surface area contributed by atoms with Crippen molar-refractivity contribution in [3.8, 4) is 5.75 Å². The third kappa shape index (κ3) is 3.61. The van der Waals surface area contributed by atoms with Gasteiger partial charge in [0.1, 0.15) is 29.5 Å². The van der Waals surface area contributed by atoms with E-state index in [4.69, 9.17) is 13.9 Å². The Morgan fingerprint density at radius 1 is 1.07 bits per heavy atom. The minimum atomic E-state index is -0.277. The van der Waals surface area contributed by atoms with Crippen LogP contribution in [0.5, 0.6) is 5.75 Å². The van der Waals surface area contributed by atoms with E-state index in [0.717, 1.165) is 65.9 Å². The Balaban J connectivity index is 1.45. The number of benzene rings is 2. The Bertz CT molecular complexity index is 1100. The highest BCUT2D eigenvalue weighted by atomic mass is 16.5. The summed E-state index contributed by atoms with van der Waals surface area (Å²) in [5.74, 6) is 0.578. The van der Waals surface area contributed by atoms with Gasteiger partial charge < -0.3 is 13.9 Å². The van der Waals surface area contributed by atoms with Crippen LogP contribution in [0, 0.1) is 0 Å². The highest BCUT2D eigenvalue weighted by Gasteiger charge is 2.31. The largest absolute Gasteiger partial charge is 0.492 e. The summed E-state index contributed by atoms with van der Waals surface area (Å²) in [5.41, 5.74) is 1.64. The van der Waals surface area contributed by atoms with E-state index in [1.807, 2.05) is 30.3 Å². The second-order valence-corrected chi connectivity index (χ2v) is 8.06. The first-order chi connectivity index (χ1) is 14.7. The molecule has 1 saturated heterocycles. The molecule has 0 bridgehead atoms. The molecule has 2 aromatic carbocycles. The number of ether oxygens (including phenoxy) is 2. The zero-order chi connectivity index (χ0) is 20.5. The van der Waals surface area contributed by atoms with Gasteiger partial charge in [-0.1, -0.05) is 12.1 Å². The van der Waals surface area contributed by atoms with Crippen molar-refractivity contribution in [1.29, 1.82) is 0 Å². The van der Waals surface area contributed by atoms with Crippen molar-refractivity contribution in [2.45, 2.75) is 25.2 Å². The SMILES string of the molecule is O=C1CCC(c2coc3ccc4c(OCCN5CCOCC5)cccc4c23)C(=O)C1. The molecule has 2 fully saturated rings. The monoisotopic (exact) mass is 407 g/mol. The Hall–Kier alpha value is -2.70. The zero-order valence-electron chi connectivity index (χ0n) is 16.9. The molecule has 3 aromatic rings. The fourth-order valence-corrected chi connectivity index (χ4v) is 4.58. The number of morpholine rings is 1. The van der Waals surface area contributed by atoms with Crippen molar-refractivity contribution in [2.24, 2.45) is 0 Å². The van der Waals surface area contributed by atoms with Crippen LogP contribution in [-0.2, 0) is 14.3 Å². The minimum Gasteiger partial charge on any atom is -0.492 e. The van der Waals surface area contributed by atoms with Gasteiger partial charge in [0.25, 0.3) is 0 Å². The number of carbonyl (C=O) groups is 2. The molecule has 0 spiro atoms. The summed E-state index contributed by atoms with van der Waals surface area (Å²) in [6.07, 6.45) is 2.72. The summed E-state index contributed by atoms with van der Waals surface area (Å²) >= 11 is 0. The summed E-state index contributed by atoms with van der Waals surface area (Å²) in [6, 6.07) is 9.96. The maximum absolute atomic E-state index is 12.5. The van der Waals surface area contributed by atoms with Gasteiger partial charge in [-0.2, -0.15) is 0 Å². The first kappa shape index (κ1) is 19.3. The fraction of sp³-hybridized carbons (Fsp3) is 0.417. The lowest BCUT2D eigenvalue weighted by Gasteiger charge is -2.26. The summed E-state index contributed by atoms with van der Waals surface area (Å²) in [7, 11) is 0. The minimum absolute atomic E-state index is 0.0103. The van der Waals surface area contributed by atoms with Gasteiger partial charge in [0.15, 0.2) is 0 Å². The molecule has 0 N–H and O–H groups in total. The van der Waals surface area contributed by atoms with E-state index in [-0.39, 0.29) is 23.9 Å². The number of ketones is 2. The van der Waals surface area contributed by atoms with E-state index in [1.165, 1.54) is 0 Å². The molecular formula is C24H25NO5. The van der Waals surface area contributed by atoms with Gasteiger partial charge in [-0.05, 0) is 30.0 Å². The van der Waals surface area contributed by atoms with Crippen LogP contribution in [0.25, 0.3) is 21.7 Å². The standard InChI is InChI=1S/C24H25NO5/c26-16-4-5-17(21(27)14-16)20-15-30-23-7-6-18-19(24(20)23)2-1-3-22(18)29-13-10-25-8-11-28-12-9-25/h1-3,6-7,15,17H,4-5,8-14H2. The van der Waals surface area contributed by atoms with Gasteiger partial charge in [0.2, 0.25) is 0 Å². The number of hydrogen-bond acceptors (Lipinski definition) is 6. The van der Waals surface area contributed by atoms with Crippen molar-refractivity contribution >= 4 is 33.3 Å². The van der Waals surface area contributed by atoms with E-state index in [1.54, 1.807) is 6.26 Å². The Morgan fingerprint density at radius 3 is 2.77 bits per heavy atom. The summed E-state index contributed by atoms with van der Waals surface area (Å²) in [5, 5.41) is 2.98. The number of carbonyl (C=O) groups excluding carboxylic acids is 2. The number of hydrogen-bond donors (Lipinski definition) is 0. The Labute approximate surface area is 174 Å². The number of fused-ring (bicyclic) bond motifs is 3. The van der Waals surface area contributed by atoms with Gasteiger partial charge in [-0.15, -0.1) is 0 Å². The second kappa shape index (κ2) is 8.20. The maximum Gasteiger partial charge on any atom is 0.147 e. The topological polar surface area (TPSA) is 69.0 Å². The van der Waals surface area contributed by atoms with Crippen LogP contribution in [0.4, 0.5) is 0 Å². The predicted octanol–water partition coefficient (Wildman–Crippen LogP) is 3.70. The molecule has 1 saturated carbocycles. The van der Waals surface area contributed by atoms with Crippen molar-refractivity contribution < 1.29 is 23.5 Å². The molecule has 1 unspecified atom stereocenters. The van der Waals surface area contributed by atoms with Gasteiger partial charge in [0, 0.05) is 48.3 Å². The molecule has 1 aromatic heterocycles. The number of furan rings is 1. The van der Waals surface area contributed by atoms with Gasteiger partial charge in [-0.25, -0.2) is 0 Å². The molecule has 156 valence electrons. The molecule has 0 amide bonds. The summed E-state index contributed by atoms with van der Waals surface area (Å²) in [6.45, 7) is 4.91.